The highest BCUT2D eigenvalue weighted by molar-refractivity contribution is 5.76. The average Bonchev–Trinajstić information content (AvgIpc) is 2.85. The van der Waals surface area contributed by atoms with Crippen molar-refractivity contribution in [3.63, 3.8) is 0 Å². The molecule has 0 aromatic carbocycles. The lowest BCUT2D eigenvalue weighted by Crippen LogP contribution is -2.50. The lowest BCUT2D eigenvalue weighted by molar-refractivity contribution is -0.148. The lowest BCUT2D eigenvalue weighted by Gasteiger charge is -2.46. The molecule has 1 unspecified atom stereocenters. The zero-order chi connectivity index (χ0) is 17.0. The van der Waals surface area contributed by atoms with Gasteiger partial charge >= 0.3 is 0 Å². The second-order valence-corrected chi connectivity index (χ2v) is 7.90. The van der Waals surface area contributed by atoms with Crippen LogP contribution in [0.4, 0.5) is 0 Å². The largest absolute Gasteiger partial charge is 0.375 e. The number of carbonyl (C=O) groups is 2. The summed E-state index contributed by atoms with van der Waals surface area (Å²) in [5.41, 5.74) is -0.0894. The van der Waals surface area contributed by atoms with E-state index in [1.54, 1.807) is 6.92 Å². The molecule has 3 rings (SSSR count). The Morgan fingerprint density at radius 2 is 1.67 bits per heavy atom. The number of hydrogen-bond acceptors (Lipinski definition) is 3. The molecule has 0 aromatic rings. The van der Waals surface area contributed by atoms with Gasteiger partial charge in [-0.3, -0.25) is 9.59 Å². The van der Waals surface area contributed by atoms with E-state index in [4.69, 9.17) is 4.74 Å². The van der Waals surface area contributed by atoms with Crippen LogP contribution in [0.5, 0.6) is 0 Å². The number of ether oxygens (including phenoxy) is 1. The van der Waals surface area contributed by atoms with Gasteiger partial charge in [-0.1, -0.05) is 12.8 Å². The first-order valence-electron chi connectivity index (χ1n) is 9.75. The van der Waals surface area contributed by atoms with E-state index in [2.05, 4.69) is 4.90 Å². The minimum absolute atomic E-state index is 0.0894. The molecule has 1 atom stereocenters. The van der Waals surface area contributed by atoms with Crippen molar-refractivity contribution in [2.45, 2.75) is 70.3 Å². The fourth-order valence-corrected chi connectivity index (χ4v) is 4.58. The first-order chi connectivity index (χ1) is 11.6. The van der Waals surface area contributed by atoms with Crippen molar-refractivity contribution in [3.05, 3.63) is 0 Å². The minimum Gasteiger partial charge on any atom is -0.375 e. The standard InChI is InChI=1S/C19H32N2O3/c1-16(22)20-11-7-19(8-12-20)15-17(6-13-24-19)14-18(23)21-9-4-2-3-5-10-21/h17H,2-15H2,1H3. The van der Waals surface area contributed by atoms with Crippen LogP contribution in [0.15, 0.2) is 0 Å². The molecule has 1 spiro atoms. The Morgan fingerprint density at radius 3 is 2.29 bits per heavy atom. The highest BCUT2D eigenvalue weighted by Gasteiger charge is 2.41. The molecule has 2 amide bonds. The van der Waals surface area contributed by atoms with Gasteiger partial charge in [0.05, 0.1) is 5.60 Å². The second kappa shape index (κ2) is 7.85. The van der Waals surface area contributed by atoms with Crippen LogP contribution in [0.25, 0.3) is 0 Å². The van der Waals surface area contributed by atoms with Crippen molar-refractivity contribution >= 4 is 11.8 Å². The first kappa shape index (κ1) is 17.7. The van der Waals surface area contributed by atoms with Crippen LogP contribution < -0.4 is 0 Å². The Bertz CT molecular complexity index is 450. The van der Waals surface area contributed by atoms with E-state index in [0.717, 1.165) is 71.3 Å². The fraction of sp³-hybridized carbons (Fsp3) is 0.895. The molecule has 0 radical (unpaired) electrons. The van der Waals surface area contributed by atoms with Gasteiger partial charge in [0.1, 0.15) is 0 Å². The van der Waals surface area contributed by atoms with Crippen LogP contribution >= 0.6 is 0 Å². The van der Waals surface area contributed by atoms with E-state index in [1.165, 1.54) is 12.8 Å². The van der Waals surface area contributed by atoms with Crippen molar-refractivity contribution in [2.75, 3.05) is 32.8 Å². The van der Waals surface area contributed by atoms with Gasteiger partial charge in [-0.15, -0.1) is 0 Å². The summed E-state index contributed by atoms with van der Waals surface area (Å²) in [4.78, 5) is 28.2. The van der Waals surface area contributed by atoms with Crippen molar-refractivity contribution in [2.24, 2.45) is 5.92 Å². The van der Waals surface area contributed by atoms with E-state index in [0.29, 0.717) is 18.2 Å². The molecular weight excluding hydrogens is 304 g/mol. The van der Waals surface area contributed by atoms with E-state index in [9.17, 15) is 9.59 Å². The molecule has 24 heavy (non-hydrogen) atoms. The Balaban J connectivity index is 1.52. The van der Waals surface area contributed by atoms with Crippen molar-refractivity contribution < 1.29 is 14.3 Å². The summed E-state index contributed by atoms with van der Waals surface area (Å²) in [5, 5.41) is 0. The Kier molecular flexibility index (Phi) is 5.80. The predicted octanol–water partition coefficient (Wildman–Crippen LogP) is 2.59. The molecule has 3 aliphatic rings. The molecule has 0 aliphatic carbocycles. The Hall–Kier alpha value is -1.10. The summed E-state index contributed by atoms with van der Waals surface area (Å²) < 4.78 is 6.15. The number of likely N-dealkylation sites (tertiary alicyclic amines) is 2. The van der Waals surface area contributed by atoms with Crippen molar-refractivity contribution in [1.29, 1.82) is 0 Å². The molecule has 3 heterocycles. The third-order valence-electron chi connectivity index (χ3n) is 6.14. The highest BCUT2D eigenvalue weighted by Crippen LogP contribution is 2.39. The number of hydrogen-bond donors (Lipinski definition) is 0. The Morgan fingerprint density at radius 1 is 1.00 bits per heavy atom. The SMILES string of the molecule is CC(=O)N1CCC2(CC1)CC(CC(=O)N1CCCCCC1)CCO2. The number of rotatable bonds is 2. The molecule has 5 nitrogen and oxygen atoms in total. The summed E-state index contributed by atoms with van der Waals surface area (Å²) in [6.07, 6.45) is 9.34. The van der Waals surface area contributed by atoms with Gasteiger partial charge in [-0.25, -0.2) is 0 Å². The smallest absolute Gasteiger partial charge is 0.222 e. The van der Waals surface area contributed by atoms with Gasteiger partial charge in [0.2, 0.25) is 11.8 Å². The molecule has 5 heteroatoms. The van der Waals surface area contributed by atoms with Crippen LogP contribution in [0.3, 0.4) is 0 Å². The van der Waals surface area contributed by atoms with Crippen LogP contribution in [0.1, 0.15) is 64.7 Å². The third kappa shape index (κ3) is 4.29. The van der Waals surface area contributed by atoms with E-state index in [1.807, 2.05) is 4.90 Å². The van der Waals surface area contributed by atoms with E-state index < -0.39 is 0 Å². The number of carbonyl (C=O) groups excluding carboxylic acids is 2. The molecule has 136 valence electrons. The zero-order valence-corrected chi connectivity index (χ0v) is 15.1. The van der Waals surface area contributed by atoms with Crippen LogP contribution in [0, 0.1) is 5.92 Å². The fourth-order valence-electron chi connectivity index (χ4n) is 4.58. The molecule has 3 saturated heterocycles. The summed E-state index contributed by atoms with van der Waals surface area (Å²) in [5.74, 6) is 0.951. The zero-order valence-electron chi connectivity index (χ0n) is 15.1. The Labute approximate surface area is 145 Å². The normalized spacial score (nSPS) is 27.8. The van der Waals surface area contributed by atoms with Gasteiger partial charge in [0.25, 0.3) is 0 Å². The monoisotopic (exact) mass is 336 g/mol. The first-order valence-corrected chi connectivity index (χ1v) is 9.75. The maximum Gasteiger partial charge on any atom is 0.222 e. The molecule has 0 saturated carbocycles. The van der Waals surface area contributed by atoms with Gasteiger partial charge in [0.15, 0.2) is 0 Å². The van der Waals surface area contributed by atoms with E-state index in [-0.39, 0.29) is 11.5 Å². The minimum atomic E-state index is -0.0894. The molecule has 0 N–H and O–H groups in total. The topological polar surface area (TPSA) is 49.9 Å². The lowest BCUT2D eigenvalue weighted by atomic mass is 9.78. The molecule has 0 aromatic heterocycles. The van der Waals surface area contributed by atoms with Crippen LogP contribution in [0.2, 0.25) is 0 Å². The van der Waals surface area contributed by atoms with Crippen molar-refractivity contribution in [1.82, 2.24) is 9.80 Å². The number of nitrogens with zero attached hydrogens (tertiary/aromatic N) is 2. The average molecular weight is 336 g/mol. The maximum atomic E-state index is 12.7. The van der Waals surface area contributed by atoms with E-state index >= 15 is 0 Å². The molecule has 3 aliphatic heterocycles. The summed E-state index contributed by atoms with van der Waals surface area (Å²) in [7, 11) is 0. The van der Waals surface area contributed by atoms with Gasteiger partial charge in [-0.05, 0) is 44.4 Å². The second-order valence-electron chi connectivity index (χ2n) is 7.90. The molecule has 3 fully saturated rings. The summed E-state index contributed by atoms with van der Waals surface area (Å²) in [6.45, 7) is 5.88. The van der Waals surface area contributed by atoms with Gasteiger partial charge in [-0.2, -0.15) is 0 Å². The number of piperidine rings is 1. The quantitative estimate of drug-likeness (QED) is 0.779. The highest BCUT2D eigenvalue weighted by atomic mass is 16.5. The van der Waals surface area contributed by atoms with Crippen LogP contribution in [-0.2, 0) is 14.3 Å². The van der Waals surface area contributed by atoms with Crippen LogP contribution in [-0.4, -0.2) is 60.0 Å². The molecular formula is C19H32N2O3. The van der Waals surface area contributed by atoms with Gasteiger partial charge in [0, 0.05) is 46.1 Å². The predicted molar refractivity (Wildman–Crippen MR) is 92.6 cm³/mol. The number of amides is 2. The third-order valence-corrected chi connectivity index (χ3v) is 6.14. The summed E-state index contributed by atoms with van der Waals surface area (Å²) in [6, 6.07) is 0. The van der Waals surface area contributed by atoms with Gasteiger partial charge < -0.3 is 14.5 Å². The maximum absolute atomic E-state index is 12.7. The van der Waals surface area contributed by atoms with Crippen molar-refractivity contribution in [3.8, 4) is 0 Å². The molecule has 0 bridgehead atoms. The summed E-state index contributed by atoms with van der Waals surface area (Å²) >= 11 is 0.